The molecule has 90 valence electrons. The van der Waals surface area contributed by atoms with Crippen molar-refractivity contribution in [2.24, 2.45) is 5.73 Å². The van der Waals surface area contributed by atoms with E-state index in [4.69, 9.17) is 5.73 Å². The largest absolute Gasteiger partial charge is 0.369 e. The smallest absolute Gasteiger partial charge is 0.269 e. The third-order valence-electron chi connectivity index (χ3n) is 2.24. The Bertz CT molecular complexity index is 475. The number of aldehydes is 1. The van der Waals surface area contributed by atoms with Crippen LogP contribution in [0.3, 0.4) is 0 Å². The molecule has 0 saturated carbocycles. The molecule has 0 aliphatic heterocycles. The van der Waals surface area contributed by atoms with Gasteiger partial charge in [0.25, 0.3) is 5.69 Å². The third-order valence-corrected chi connectivity index (χ3v) is 2.24. The van der Waals surface area contributed by atoms with Crippen LogP contribution in [-0.2, 0) is 9.59 Å². The van der Waals surface area contributed by atoms with Gasteiger partial charge in [-0.1, -0.05) is 0 Å². The maximum atomic E-state index is 13.4. The van der Waals surface area contributed by atoms with Gasteiger partial charge in [-0.3, -0.25) is 14.9 Å². The van der Waals surface area contributed by atoms with Crippen LogP contribution in [0.1, 0.15) is 17.9 Å². The zero-order valence-electron chi connectivity index (χ0n) is 8.63. The minimum absolute atomic E-state index is 0.237. The number of nitrogens with two attached hydrogens (primary N) is 1. The maximum absolute atomic E-state index is 13.4. The van der Waals surface area contributed by atoms with Crippen molar-refractivity contribution in [2.45, 2.75) is 12.3 Å². The van der Waals surface area contributed by atoms with Gasteiger partial charge >= 0.3 is 0 Å². The lowest BCUT2D eigenvalue weighted by Crippen LogP contribution is -2.22. The van der Waals surface area contributed by atoms with Gasteiger partial charge in [-0.2, -0.15) is 0 Å². The highest BCUT2D eigenvalue weighted by Crippen LogP contribution is 2.25. The number of nitro benzene ring substituents is 1. The molecule has 7 heteroatoms. The zero-order chi connectivity index (χ0) is 13.0. The number of carbonyl (C=O) groups is 2. The number of carbonyl (C=O) groups excluding carboxylic acids is 2. The molecule has 0 aliphatic rings. The lowest BCUT2D eigenvalue weighted by Gasteiger charge is -2.11. The third kappa shape index (κ3) is 2.83. The number of amides is 1. The number of halogens is 1. The van der Waals surface area contributed by atoms with E-state index in [9.17, 15) is 24.1 Å². The molecule has 0 bridgehead atoms. The lowest BCUT2D eigenvalue weighted by molar-refractivity contribution is -0.385. The van der Waals surface area contributed by atoms with E-state index in [0.717, 1.165) is 18.2 Å². The molecule has 0 aromatic heterocycles. The zero-order valence-corrected chi connectivity index (χ0v) is 8.63. The second-order valence-corrected chi connectivity index (χ2v) is 3.32. The van der Waals surface area contributed by atoms with Crippen molar-refractivity contribution in [2.75, 3.05) is 0 Å². The van der Waals surface area contributed by atoms with E-state index in [1.54, 1.807) is 0 Å². The highest BCUT2D eigenvalue weighted by atomic mass is 19.1. The second-order valence-electron chi connectivity index (χ2n) is 3.32. The summed E-state index contributed by atoms with van der Waals surface area (Å²) in [5.41, 5.74) is 4.42. The Morgan fingerprint density at radius 2 is 2.24 bits per heavy atom. The Morgan fingerprint density at radius 1 is 1.59 bits per heavy atom. The molecule has 17 heavy (non-hydrogen) atoms. The van der Waals surface area contributed by atoms with Crippen LogP contribution in [0.25, 0.3) is 0 Å². The predicted octanol–water partition coefficient (Wildman–Crippen LogP) is 0.892. The van der Waals surface area contributed by atoms with Gasteiger partial charge in [-0.05, 0) is 6.07 Å². The fourth-order valence-electron chi connectivity index (χ4n) is 1.40. The highest BCUT2D eigenvalue weighted by Gasteiger charge is 2.23. The molecule has 2 N–H and O–H groups in total. The summed E-state index contributed by atoms with van der Waals surface area (Å²) in [6.45, 7) is 0. The van der Waals surface area contributed by atoms with E-state index in [1.807, 2.05) is 0 Å². The first kappa shape index (κ1) is 12.8. The van der Waals surface area contributed by atoms with Crippen LogP contribution in [0, 0.1) is 15.9 Å². The van der Waals surface area contributed by atoms with Crippen LogP contribution in [0.15, 0.2) is 18.2 Å². The van der Waals surface area contributed by atoms with Gasteiger partial charge in [0.05, 0.1) is 10.8 Å². The van der Waals surface area contributed by atoms with E-state index in [0.29, 0.717) is 6.29 Å². The standard InChI is InChI=1S/C10H9FN2O4/c11-9-2-1-6(13(16)17)5-8(9)7(3-4-14)10(12)15/h1-2,4-5,7H,3H2,(H2,12,15). The number of hydrogen-bond acceptors (Lipinski definition) is 4. The van der Waals surface area contributed by atoms with Crippen LogP contribution in [0.5, 0.6) is 0 Å². The molecule has 0 fully saturated rings. The Morgan fingerprint density at radius 3 is 2.71 bits per heavy atom. The molecule has 1 amide bonds. The Kier molecular flexibility index (Phi) is 3.86. The molecule has 0 aliphatic carbocycles. The van der Waals surface area contributed by atoms with Gasteiger partial charge in [0.15, 0.2) is 0 Å². The molecular formula is C10H9FN2O4. The molecule has 1 aromatic carbocycles. The van der Waals surface area contributed by atoms with E-state index >= 15 is 0 Å². The molecule has 1 rings (SSSR count). The van der Waals surface area contributed by atoms with Crippen molar-refractivity contribution in [3.05, 3.63) is 39.7 Å². The van der Waals surface area contributed by atoms with Crippen molar-refractivity contribution < 1.29 is 18.9 Å². The quantitative estimate of drug-likeness (QED) is 0.468. The summed E-state index contributed by atoms with van der Waals surface area (Å²) in [5.74, 6) is -2.90. The summed E-state index contributed by atoms with van der Waals surface area (Å²) in [7, 11) is 0. The molecule has 1 atom stereocenters. The summed E-state index contributed by atoms with van der Waals surface area (Å²) in [5, 5.41) is 10.5. The van der Waals surface area contributed by atoms with E-state index in [-0.39, 0.29) is 17.7 Å². The van der Waals surface area contributed by atoms with Crippen molar-refractivity contribution >= 4 is 17.9 Å². The van der Waals surface area contributed by atoms with Gasteiger partial charge in [-0.25, -0.2) is 4.39 Å². The average molecular weight is 240 g/mol. The average Bonchev–Trinajstić information content (AvgIpc) is 2.26. The fourth-order valence-corrected chi connectivity index (χ4v) is 1.40. The van der Waals surface area contributed by atoms with E-state index in [2.05, 4.69) is 0 Å². The van der Waals surface area contributed by atoms with Crippen LogP contribution in [-0.4, -0.2) is 17.1 Å². The van der Waals surface area contributed by atoms with Gasteiger partial charge in [-0.15, -0.1) is 0 Å². The molecule has 0 radical (unpaired) electrons. The summed E-state index contributed by atoms with van der Waals surface area (Å²) in [6, 6.07) is 2.75. The molecule has 6 nitrogen and oxygen atoms in total. The summed E-state index contributed by atoms with van der Waals surface area (Å²) in [6.07, 6.45) is 0.0983. The fraction of sp³-hybridized carbons (Fsp3) is 0.200. The summed E-state index contributed by atoms with van der Waals surface area (Å²) >= 11 is 0. The first-order valence-electron chi connectivity index (χ1n) is 4.64. The number of non-ortho nitro benzene ring substituents is 1. The highest BCUT2D eigenvalue weighted by molar-refractivity contribution is 5.84. The minimum Gasteiger partial charge on any atom is -0.369 e. The van der Waals surface area contributed by atoms with Crippen molar-refractivity contribution in [1.82, 2.24) is 0 Å². The van der Waals surface area contributed by atoms with Gasteiger partial charge in [0.2, 0.25) is 5.91 Å². The van der Waals surface area contributed by atoms with Crippen molar-refractivity contribution in [1.29, 1.82) is 0 Å². The van der Waals surface area contributed by atoms with Crippen LogP contribution in [0.2, 0.25) is 0 Å². The number of nitro groups is 1. The number of benzene rings is 1. The normalized spacial score (nSPS) is 11.8. The van der Waals surface area contributed by atoms with Gasteiger partial charge in [0, 0.05) is 24.1 Å². The van der Waals surface area contributed by atoms with Gasteiger partial charge < -0.3 is 10.5 Å². The minimum atomic E-state index is -1.19. The number of hydrogen-bond donors (Lipinski definition) is 1. The Labute approximate surface area is 95.4 Å². The molecule has 0 heterocycles. The molecule has 0 spiro atoms. The number of primary amides is 1. The second kappa shape index (κ2) is 5.15. The summed E-state index contributed by atoms with van der Waals surface area (Å²) < 4.78 is 13.4. The monoisotopic (exact) mass is 240 g/mol. The van der Waals surface area contributed by atoms with Crippen LogP contribution >= 0.6 is 0 Å². The SMILES string of the molecule is NC(=O)C(CC=O)c1cc([N+](=O)[O-])ccc1F. The number of rotatable bonds is 5. The molecule has 0 saturated heterocycles. The predicted molar refractivity (Wildman–Crippen MR) is 55.7 cm³/mol. The molecule has 1 unspecified atom stereocenters. The Balaban J connectivity index is 3.25. The van der Waals surface area contributed by atoms with E-state index in [1.165, 1.54) is 0 Å². The van der Waals surface area contributed by atoms with Crippen molar-refractivity contribution in [3.63, 3.8) is 0 Å². The maximum Gasteiger partial charge on any atom is 0.269 e. The van der Waals surface area contributed by atoms with Crippen molar-refractivity contribution in [3.8, 4) is 0 Å². The lowest BCUT2D eigenvalue weighted by atomic mass is 9.95. The first-order valence-corrected chi connectivity index (χ1v) is 4.64. The molecule has 1 aromatic rings. The topological polar surface area (TPSA) is 103 Å². The van der Waals surface area contributed by atoms with E-state index < -0.39 is 22.6 Å². The van der Waals surface area contributed by atoms with Gasteiger partial charge in [0.1, 0.15) is 12.1 Å². The van der Waals surface area contributed by atoms with Crippen LogP contribution < -0.4 is 5.73 Å². The number of nitrogens with zero attached hydrogens (tertiary/aromatic N) is 1. The first-order chi connectivity index (χ1) is 7.97. The van der Waals surface area contributed by atoms with Crippen LogP contribution in [0.4, 0.5) is 10.1 Å². The summed E-state index contributed by atoms with van der Waals surface area (Å²) in [4.78, 5) is 31.2. The Hall–Kier alpha value is -2.31. The molecular weight excluding hydrogens is 231 g/mol.